The molecule has 4 nitrogen and oxygen atoms in total. The minimum atomic E-state index is -1.83. The van der Waals surface area contributed by atoms with Crippen molar-refractivity contribution in [2.75, 3.05) is 26.3 Å². The Hall–Kier alpha value is -0.723. The summed E-state index contributed by atoms with van der Waals surface area (Å²) in [6.07, 6.45) is 0.0635. The van der Waals surface area contributed by atoms with E-state index < -0.39 is 8.32 Å². The third-order valence-electron chi connectivity index (χ3n) is 5.22. The first-order chi connectivity index (χ1) is 11.6. The molecule has 0 saturated carbocycles. The van der Waals surface area contributed by atoms with Crippen LogP contribution in [-0.2, 0) is 20.5 Å². The minimum Gasteiger partial charge on any atom is -0.408 e. The van der Waals surface area contributed by atoms with Crippen LogP contribution in [0.1, 0.15) is 33.3 Å². The molecule has 0 amide bonds. The van der Waals surface area contributed by atoms with Crippen molar-refractivity contribution in [2.45, 2.75) is 64.1 Å². The summed E-state index contributed by atoms with van der Waals surface area (Å²) in [5.74, 6) is 0. The molecule has 0 bridgehead atoms. The van der Waals surface area contributed by atoms with Crippen molar-refractivity contribution in [3.8, 4) is 0 Å². The SMILES string of the molecule is CC1(O[Si](C)(C)C(C)(C)C)CNCC(COCc2ccccc2)OC1. The molecule has 1 aromatic rings. The summed E-state index contributed by atoms with van der Waals surface area (Å²) in [6, 6.07) is 10.2. The van der Waals surface area contributed by atoms with Gasteiger partial charge in [-0.1, -0.05) is 51.1 Å². The molecule has 1 aromatic carbocycles. The van der Waals surface area contributed by atoms with Gasteiger partial charge in [0.1, 0.15) is 0 Å². The molecule has 0 aromatic heterocycles. The normalized spacial score (nSPS) is 25.6. The van der Waals surface area contributed by atoms with Crippen molar-refractivity contribution in [3.05, 3.63) is 35.9 Å². The highest BCUT2D eigenvalue weighted by atomic mass is 28.4. The summed E-state index contributed by atoms with van der Waals surface area (Å²) in [5.41, 5.74) is 0.909. The zero-order chi connectivity index (χ0) is 18.6. The van der Waals surface area contributed by atoms with Gasteiger partial charge in [0, 0.05) is 13.1 Å². The maximum Gasteiger partial charge on any atom is 0.193 e. The molecule has 1 aliphatic heterocycles. The van der Waals surface area contributed by atoms with E-state index >= 15 is 0 Å². The maximum absolute atomic E-state index is 6.64. The lowest BCUT2D eigenvalue weighted by Crippen LogP contribution is -2.53. The van der Waals surface area contributed by atoms with Crippen molar-refractivity contribution >= 4 is 8.32 Å². The summed E-state index contributed by atoms with van der Waals surface area (Å²) in [4.78, 5) is 0. The van der Waals surface area contributed by atoms with E-state index in [4.69, 9.17) is 13.9 Å². The van der Waals surface area contributed by atoms with Gasteiger partial charge >= 0.3 is 0 Å². The Morgan fingerprint density at radius 3 is 2.56 bits per heavy atom. The van der Waals surface area contributed by atoms with Gasteiger partial charge in [-0.3, -0.25) is 0 Å². The molecule has 0 radical (unpaired) electrons. The summed E-state index contributed by atoms with van der Waals surface area (Å²) in [5, 5.41) is 3.70. The van der Waals surface area contributed by atoms with Crippen LogP contribution in [0.25, 0.3) is 0 Å². The summed E-state index contributed by atoms with van der Waals surface area (Å²) in [6.45, 7) is 17.0. The first kappa shape index (κ1) is 20.6. The highest BCUT2D eigenvalue weighted by Gasteiger charge is 2.43. The van der Waals surface area contributed by atoms with Crippen LogP contribution < -0.4 is 5.32 Å². The second-order valence-corrected chi connectivity index (χ2v) is 13.6. The van der Waals surface area contributed by atoms with Gasteiger partial charge < -0.3 is 19.2 Å². The third kappa shape index (κ3) is 6.18. The van der Waals surface area contributed by atoms with E-state index in [0.29, 0.717) is 19.8 Å². The van der Waals surface area contributed by atoms with Crippen molar-refractivity contribution < 1.29 is 13.9 Å². The molecule has 142 valence electrons. The lowest BCUT2D eigenvalue weighted by molar-refractivity contribution is -0.0606. The average Bonchev–Trinajstić information content (AvgIpc) is 2.69. The number of hydrogen-bond donors (Lipinski definition) is 1. The van der Waals surface area contributed by atoms with E-state index in [-0.39, 0.29) is 16.7 Å². The van der Waals surface area contributed by atoms with Crippen LogP contribution in [0.5, 0.6) is 0 Å². The summed E-state index contributed by atoms with van der Waals surface area (Å²) >= 11 is 0. The van der Waals surface area contributed by atoms with Crippen LogP contribution in [0, 0.1) is 0 Å². The molecule has 1 N–H and O–H groups in total. The van der Waals surface area contributed by atoms with Gasteiger partial charge in [0.2, 0.25) is 0 Å². The smallest absolute Gasteiger partial charge is 0.193 e. The van der Waals surface area contributed by atoms with Crippen LogP contribution >= 0.6 is 0 Å². The summed E-state index contributed by atoms with van der Waals surface area (Å²) < 4.78 is 18.6. The fourth-order valence-electron chi connectivity index (χ4n) is 2.73. The predicted molar refractivity (Wildman–Crippen MR) is 105 cm³/mol. The zero-order valence-electron chi connectivity index (χ0n) is 16.7. The molecule has 2 atom stereocenters. The van der Waals surface area contributed by atoms with Crippen LogP contribution in [-0.4, -0.2) is 46.3 Å². The van der Waals surface area contributed by atoms with E-state index in [2.05, 4.69) is 58.2 Å². The number of rotatable bonds is 6. The van der Waals surface area contributed by atoms with Gasteiger partial charge in [-0.05, 0) is 30.6 Å². The number of ether oxygens (including phenoxy) is 2. The van der Waals surface area contributed by atoms with Crippen LogP contribution in [0.3, 0.4) is 0 Å². The van der Waals surface area contributed by atoms with Gasteiger partial charge in [-0.2, -0.15) is 0 Å². The molecule has 0 aliphatic carbocycles. The lowest BCUT2D eigenvalue weighted by Gasteiger charge is -2.43. The van der Waals surface area contributed by atoms with E-state index in [9.17, 15) is 0 Å². The summed E-state index contributed by atoms with van der Waals surface area (Å²) in [7, 11) is -1.83. The van der Waals surface area contributed by atoms with Crippen molar-refractivity contribution in [1.82, 2.24) is 5.32 Å². The lowest BCUT2D eigenvalue weighted by atomic mass is 10.1. The fraction of sp³-hybridized carbons (Fsp3) is 0.700. The highest BCUT2D eigenvalue weighted by molar-refractivity contribution is 6.74. The maximum atomic E-state index is 6.64. The van der Waals surface area contributed by atoms with E-state index in [1.165, 1.54) is 5.56 Å². The first-order valence-corrected chi connectivity index (χ1v) is 12.2. The van der Waals surface area contributed by atoms with Gasteiger partial charge in [0.25, 0.3) is 0 Å². The molecule has 1 heterocycles. The van der Waals surface area contributed by atoms with Crippen LogP contribution in [0.4, 0.5) is 0 Å². The molecule has 25 heavy (non-hydrogen) atoms. The number of benzene rings is 1. The van der Waals surface area contributed by atoms with Crippen LogP contribution in [0.2, 0.25) is 18.1 Å². The van der Waals surface area contributed by atoms with E-state index in [1.807, 2.05) is 18.2 Å². The molecule has 5 heteroatoms. The van der Waals surface area contributed by atoms with Gasteiger partial charge in [-0.25, -0.2) is 0 Å². The Bertz CT molecular complexity index is 529. The second kappa shape index (κ2) is 8.31. The Morgan fingerprint density at radius 1 is 1.24 bits per heavy atom. The molecule has 2 unspecified atom stereocenters. The molecular weight excluding hydrogens is 330 g/mol. The third-order valence-corrected chi connectivity index (χ3v) is 9.83. The molecule has 0 spiro atoms. The topological polar surface area (TPSA) is 39.7 Å². The van der Waals surface area contributed by atoms with Gasteiger partial charge in [0.15, 0.2) is 8.32 Å². The average molecular weight is 366 g/mol. The van der Waals surface area contributed by atoms with Crippen molar-refractivity contribution in [2.24, 2.45) is 0 Å². The number of hydrogen-bond acceptors (Lipinski definition) is 4. The van der Waals surface area contributed by atoms with Crippen molar-refractivity contribution in [1.29, 1.82) is 0 Å². The Kier molecular flexibility index (Phi) is 6.85. The molecule has 1 saturated heterocycles. The molecule has 1 fully saturated rings. The van der Waals surface area contributed by atoms with Crippen molar-refractivity contribution in [3.63, 3.8) is 0 Å². The van der Waals surface area contributed by atoms with Gasteiger partial charge in [0.05, 0.1) is 31.5 Å². The zero-order valence-corrected chi connectivity index (χ0v) is 17.7. The highest BCUT2D eigenvalue weighted by Crippen LogP contribution is 2.39. The monoisotopic (exact) mass is 365 g/mol. The van der Waals surface area contributed by atoms with Gasteiger partial charge in [-0.15, -0.1) is 0 Å². The first-order valence-electron chi connectivity index (χ1n) is 9.25. The largest absolute Gasteiger partial charge is 0.408 e. The quantitative estimate of drug-likeness (QED) is 0.774. The molecular formula is C20H35NO3Si. The standard InChI is InChI=1S/C20H35NO3Si/c1-19(2,3)25(5,6)24-20(4)15-21-12-18(23-16-20)14-22-13-17-10-8-7-9-11-17/h7-11,18,21H,12-16H2,1-6H3. The second-order valence-electron chi connectivity index (χ2n) is 8.88. The fourth-order valence-corrected chi connectivity index (χ4v) is 4.40. The van der Waals surface area contributed by atoms with Crippen LogP contribution in [0.15, 0.2) is 30.3 Å². The van der Waals surface area contributed by atoms with E-state index in [0.717, 1.165) is 13.1 Å². The minimum absolute atomic E-state index is 0.0635. The number of nitrogens with one attached hydrogen (secondary N) is 1. The Labute approximate surface area is 154 Å². The molecule has 1 aliphatic rings. The van der Waals surface area contributed by atoms with E-state index in [1.54, 1.807) is 0 Å². The Balaban J connectivity index is 1.82. The predicted octanol–water partition coefficient (Wildman–Crippen LogP) is 3.97. The molecule has 2 rings (SSSR count). The Morgan fingerprint density at radius 2 is 1.92 bits per heavy atom.